The van der Waals surface area contributed by atoms with Crippen LogP contribution in [0.15, 0.2) is 77.9 Å². The average Bonchev–Trinajstić information content (AvgIpc) is 3.07. The SMILES string of the molecule is CC1(c2ccc(Cl)cc2)CN(CC(=O)Nc2ccc(Cl)cc2)N=C1c1ccc(Cl)cc1. The van der Waals surface area contributed by atoms with E-state index in [1.807, 2.05) is 48.5 Å². The summed E-state index contributed by atoms with van der Waals surface area (Å²) in [7, 11) is 0. The van der Waals surface area contributed by atoms with Gasteiger partial charge in [0.05, 0.1) is 17.7 Å². The Morgan fingerprint density at radius 3 is 2.00 bits per heavy atom. The number of carbonyl (C=O) groups excluding carboxylic acids is 1. The molecule has 1 unspecified atom stereocenters. The molecule has 0 aliphatic carbocycles. The summed E-state index contributed by atoms with van der Waals surface area (Å²) >= 11 is 18.1. The highest BCUT2D eigenvalue weighted by Crippen LogP contribution is 2.35. The van der Waals surface area contributed by atoms with Gasteiger partial charge in [-0.2, -0.15) is 5.10 Å². The first-order valence-corrected chi connectivity index (χ1v) is 10.9. The molecular weight excluding hydrogens is 453 g/mol. The van der Waals surface area contributed by atoms with Crippen molar-refractivity contribution < 1.29 is 4.79 Å². The molecule has 3 aromatic rings. The molecule has 4 rings (SSSR count). The van der Waals surface area contributed by atoms with Crippen molar-refractivity contribution in [3.05, 3.63) is 99.0 Å². The topological polar surface area (TPSA) is 44.7 Å². The zero-order chi connectivity index (χ0) is 22.0. The molecule has 1 atom stereocenters. The quantitative estimate of drug-likeness (QED) is 0.476. The fourth-order valence-electron chi connectivity index (χ4n) is 3.75. The molecule has 0 bridgehead atoms. The van der Waals surface area contributed by atoms with Crippen molar-refractivity contribution in [1.29, 1.82) is 0 Å². The van der Waals surface area contributed by atoms with Gasteiger partial charge in [0.25, 0.3) is 0 Å². The van der Waals surface area contributed by atoms with Crippen LogP contribution in [0, 0.1) is 0 Å². The van der Waals surface area contributed by atoms with E-state index in [0.717, 1.165) is 16.8 Å². The molecule has 1 N–H and O–H groups in total. The molecule has 4 nitrogen and oxygen atoms in total. The third-order valence-corrected chi connectivity index (χ3v) is 6.07. The molecule has 1 aliphatic rings. The van der Waals surface area contributed by atoms with Gasteiger partial charge in [0.15, 0.2) is 0 Å². The number of benzene rings is 3. The Hall–Kier alpha value is -2.53. The largest absolute Gasteiger partial charge is 0.324 e. The predicted molar refractivity (Wildman–Crippen MR) is 128 cm³/mol. The van der Waals surface area contributed by atoms with Crippen LogP contribution in [0.1, 0.15) is 18.1 Å². The van der Waals surface area contributed by atoms with Crippen LogP contribution in [-0.4, -0.2) is 29.7 Å². The van der Waals surface area contributed by atoms with Gasteiger partial charge in [-0.25, -0.2) is 0 Å². The maximum Gasteiger partial charge on any atom is 0.245 e. The fraction of sp³-hybridized carbons (Fsp3) is 0.167. The molecule has 1 amide bonds. The van der Waals surface area contributed by atoms with Crippen molar-refractivity contribution in [2.45, 2.75) is 12.3 Å². The van der Waals surface area contributed by atoms with Crippen molar-refractivity contribution >= 4 is 52.1 Å². The average molecular weight is 473 g/mol. The number of hydrazone groups is 1. The molecule has 3 aromatic carbocycles. The van der Waals surface area contributed by atoms with Gasteiger partial charge >= 0.3 is 0 Å². The van der Waals surface area contributed by atoms with Crippen LogP contribution in [0.4, 0.5) is 5.69 Å². The summed E-state index contributed by atoms with van der Waals surface area (Å²) in [6.45, 7) is 2.81. The van der Waals surface area contributed by atoms with Gasteiger partial charge < -0.3 is 5.32 Å². The third-order valence-electron chi connectivity index (χ3n) is 5.32. The molecule has 31 heavy (non-hydrogen) atoms. The van der Waals surface area contributed by atoms with Gasteiger partial charge in [-0.1, -0.05) is 59.1 Å². The van der Waals surface area contributed by atoms with E-state index in [2.05, 4.69) is 12.2 Å². The highest BCUT2D eigenvalue weighted by Gasteiger charge is 2.41. The first-order valence-electron chi connectivity index (χ1n) is 9.75. The lowest BCUT2D eigenvalue weighted by atomic mass is 9.76. The number of amides is 1. The number of carbonyl (C=O) groups is 1. The van der Waals surface area contributed by atoms with E-state index in [1.165, 1.54) is 0 Å². The molecule has 0 fully saturated rings. The first kappa shape index (κ1) is 21.7. The highest BCUT2D eigenvalue weighted by atomic mass is 35.5. The molecule has 158 valence electrons. The molecule has 0 saturated carbocycles. The smallest absolute Gasteiger partial charge is 0.245 e. The fourth-order valence-corrected chi connectivity index (χ4v) is 4.13. The molecule has 0 saturated heterocycles. The van der Waals surface area contributed by atoms with Gasteiger partial charge in [0, 0.05) is 20.8 Å². The van der Waals surface area contributed by atoms with Crippen molar-refractivity contribution in [3.63, 3.8) is 0 Å². The van der Waals surface area contributed by atoms with E-state index >= 15 is 0 Å². The Balaban J connectivity index is 1.60. The van der Waals surface area contributed by atoms with Crippen LogP contribution in [-0.2, 0) is 10.2 Å². The van der Waals surface area contributed by atoms with Crippen LogP contribution < -0.4 is 5.32 Å². The minimum absolute atomic E-state index is 0.128. The Morgan fingerprint density at radius 1 is 0.903 bits per heavy atom. The van der Waals surface area contributed by atoms with Crippen LogP contribution >= 0.6 is 34.8 Å². The second-order valence-corrected chi connectivity index (χ2v) is 8.98. The summed E-state index contributed by atoms with van der Waals surface area (Å²) in [6.07, 6.45) is 0. The third kappa shape index (κ3) is 4.87. The first-order chi connectivity index (χ1) is 14.8. The van der Waals surface area contributed by atoms with E-state index in [-0.39, 0.29) is 12.5 Å². The summed E-state index contributed by atoms with van der Waals surface area (Å²) in [4.78, 5) is 12.6. The lowest BCUT2D eigenvalue weighted by Crippen LogP contribution is -2.38. The Bertz CT molecular complexity index is 1110. The van der Waals surface area contributed by atoms with Gasteiger partial charge in [-0.15, -0.1) is 0 Å². The molecule has 1 aliphatic heterocycles. The van der Waals surface area contributed by atoms with Gasteiger partial charge in [0.1, 0.15) is 6.54 Å². The van der Waals surface area contributed by atoms with Crippen molar-refractivity contribution in [2.24, 2.45) is 5.10 Å². The number of anilines is 1. The number of hydrogen-bond acceptors (Lipinski definition) is 3. The van der Waals surface area contributed by atoms with Gasteiger partial charge in [-0.05, 0) is 66.6 Å². The zero-order valence-corrected chi connectivity index (χ0v) is 19.0. The zero-order valence-electron chi connectivity index (χ0n) is 16.8. The molecule has 0 spiro atoms. The summed E-state index contributed by atoms with van der Waals surface area (Å²) in [5.74, 6) is -0.151. The lowest BCUT2D eigenvalue weighted by Gasteiger charge is -2.27. The number of rotatable bonds is 5. The van der Waals surface area contributed by atoms with Gasteiger partial charge in [0.2, 0.25) is 5.91 Å². The predicted octanol–water partition coefficient (Wildman–Crippen LogP) is 6.26. The second kappa shape index (κ2) is 8.91. The summed E-state index contributed by atoms with van der Waals surface area (Å²) in [5.41, 5.74) is 3.19. The van der Waals surface area contributed by atoms with Crippen LogP contribution in [0.2, 0.25) is 15.1 Å². The maximum atomic E-state index is 12.6. The minimum Gasteiger partial charge on any atom is -0.324 e. The standard InChI is InChI=1S/C24H20Cl3N3O/c1-24(17-4-8-19(26)9-5-17)15-30(29-23(24)16-2-6-18(25)7-3-16)14-22(31)28-21-12-10-20(27)11-13-21/h2-13H,14-15H2,1H3,(H,28,31). The second-order valence-electron chi connectivity index (χ2n) is 7.67. The highest BCUT2D eigenvalue weighted by molar-refractivity contribution is 6.31. The van der Waals surface area contributed by atoms with E-state index in [4.69, 9.17) is 39.9 Å². The number of nitrogens with one attached hydrogen (secondary N) is 1. The van der Waals surface area contributed by atoms with Crippen LogP contribution in [0.3, 0.4) is 0 Å². The Morgan fingerprint density at radius 2 is 1.42 bits per heavy atom. The van der Waals surface area contributed by atoms with Crippen molar-refractivity contribution in [2.75, 3.05) is 18.4 Å². The van der Waals surface area contributed by atoms with Crippen LogP contribution in [0.5, 0.6) is 0 Å². The molecular formula is C24H20Cl3N3O. The van der Waals surface area contributed by atoms with E-state index in [1.54, 1.807) is 29.3 Å². The van der Waals surface area contributed by atoms with E-state index < -0.39 is 5.41 Å². The normalized spacial score (nSPS) is 18.1. The molecule has 0 radical (unpaired) electrons. The monoisotopic (exact) mass is 471 g/mol. The van der Waals surface area contributed by atoms with Crippen molar-refractivity contribution in [3.8, 4) is 0 Å². The van der Waals surface area contributed by atoms with Crippen LogP contribution in [0.25, 0.3) is 0 Å². The molecule has 0 aromatic heterocycles. The summed E-state index contributed by atoms with van der Waals surface area (Å²) < 4.78 is 0. The van der Waals surface area contributed by atoms with E-state index in [9.17, 15) is 4.79 Å². The summed E-state index contributed by atoms with van der Waals surface area (Å²) in [5, 5.41) is 11.5. The van der Waals surface area contributed by atoms with Gasteiger partial charge in [-0.3, -0.25) is 9.80 Å². The lowest BCUT2D eigenvalue weighted by molar-refractivity contribution is -0.117. The number of halogens is 3. The maximum absolute atomic E-state index is 12.6. The minimum atomic E-state index is -0.418. The Kier molecular flexibility index (Phi) is 6.24. The van der Waals surface area contributed by atoms with E-state index in [0.29, 0.717) is 27.3 Å². The summed E-state index contributed by atoms with van der Waals surface area (Å²) in [6, 6.07) is 22.4. The Labute approximate surface area is 196 Å². The number of nitrogens with zero attached hydrogens (tertiary/aromatic N) is 2. The molecule has 7 heteroatoms. The molecule has 1 heterocycles. The number of hydrogen-bond donors (Lipinski definition) is 1. The van der Waals surface area contributed by atoms with Crippen molar-refractivity contribution in [1.82, 2.24) is 5.01 Å².